The summed E-state index contributed by atoms with van der Waals surface area (Å²) in [5, 5.41) is 4.89. The molecule has 4 rings (SSSR count). The van der Waals surface area contributed by atoms with Crippen LogP contribution in [0, 0.1) is 5.92 Å². The molecule has 2 aromatic heterocycles. The molecule has 21 heavy (non-hydrogen) atoms. The van der Waals surface area contributed by atoms with Gasteiger partial charge in [-0.05, 0) is 25.0 Å². The second-order valence-corrected chi connectivity index (χ2v) is 5.39. The summed E-state index contributed by atoms with van der Waals surface area (Å²) < 4.78 is 0. The fourth-order valence-corrected chi connectivity index (χ4v) is 2.58. The minimum absolute atomic E-state index is 0.0298. The van der Waals surface area contributed by atoms with Gasteiger partial charge >= 0.3 is 0 Å². The average molecular weight is 279 g/mol. The van der Waals surface area contributed by atoms with Crippen molar-refractivity contribution in [1.29, 1.82) is 0 Å². The number of pyridine rings is 1. The first kappa shape index (κ1) is 12.1. The number of hydrogen-bond donors (Lipinski definition) is 2. The molecule has 104 valence electrons. The van der Waals surface area contributed by atoms with E-state index < -0.39 is 0 Å². The molecule has 1 saturated carbocycles. The molecular weight excluding hydrogens is 266 g/mol. The van der Waals surface area contributed by atoms with E-state index in [0.29, 0.717) is 11.4 Å². The van der Waals surface area contributed by atoms with Gasteiger partial charge in [0, 0.05) is 34.0 Å². The Kier molecular flexibility index (Phi) is 2.54. The van der Waals surface area contributed by atoms with Gasteiger partial charge in [-0.1, -0.05) is 12.1 Å². The first-order valence-electron chi connectivity index (χ1n) is 6.93. The molecule has 0 unspecified atom stereocenters. The topological polar surface area (TPSA) is 74.8 Å². The van der Waals surface area contributed by atoms with E-state index in [1.54, 1.807) is 18.3 Å². The molecule has 2 N–H and O–H groups in total. The zero-order valence-electron chi connectivity index (χ0n) is 11.2. The average Bonchev–Trinajstić information content (AvgIpc) is 3.28. The summed E-state index contributed by atoms with van der Waals surface area (Å²) in [4.78, 5) is 30.3. The Labute approximate surface area is 120 Å². The highest BCUT2D eigenvalue weighted by molar-refractivity contribution is 6.13. The normalized spacial score (nSPS) is 14.5. The molecule has 1 aliphatic carbocycles. The highest BCUT2D eigenvalue weighted by Crippen LogP contribution is 2.32. The fraction of sp³-hybridized carbons (Fsp3) is 0.188. The molecule has 1 amide bonds. The maximum absolute atomic E-state index is 11.9. The molecule has 0 aliphatic heterocycles. The number of rotatable bonds is 3. The minimum atomic E-state index is 0.0298. The number of carbonyl (C=O) groups is 2. The molecule has 1 aliphatic rings. The number of aromatic nitrogens is 2. The first-order chi connectivity index (χ1) is 10.3. The summed E-state index contributed by atoms with van der Waals surface area (Å²) >= 11 is 0. The number of benzene rings is 1. The third-order valence-corrected chi connectivity index (χ3v) is 3.87. The van der Waals surface area contributed by atoms with Crippen molar-refractivity contribution < 1.29 is 9.59 Å². The van der Waals surface area contributed by atoms with Crippen LogP contribution in [0.5, 0.6) is 0 Å². The molecule has 2 heterocycles. The number of amides is 1. The molecule has 0 radical (unpaired) electrons. The van der Waals surface area contributed by atoms with Crippen LogP contribution >= 0.6 is 0 Å². The summed E-state index contributed by atoms with van der Waals surface area (Å²) in [5.41, 5.74) is 2.28. The number of fused-ring (bicyclic) bond motifs is 3. The van der Waals surface area contributed by atoms with Gasteiger partial charge in [0.1, 0.15) is 6.29 Å². The lowest BCUT2D eigenvalue weighted by molar-refractivity contribution is -0.117. The number of H-pyrrole nitrogens is 1. The second kappa shape index (κ2) is 4.41. The molecule has 0 saturated heterocycles. The monoisotopic (exact) mass is 279 g/mol. The SMILES string of the molecule is O=Cc1ccc2c(c1)[nH]c1c(NC(=O)C3CC3)nccc12. The minimum Gasteiger partial charge on any atom is -0.351 e. The highest BCUT2D eigenvalue weighted by atomic mass is 16.2. The van der Waals surface area contributed by atoms with Crippen molar-refractivity contribution in [3.8, 4) is 0 Å². The Hall–Kier alpha value is -2.69. The summed E-state index contributed by atoms with van der Waals surface area (Å²) in [6.45, 7) is 0. The summed E-state index contributed by atoms with van der Waals surface area (Å²) in [6, 6.07) is 7.40. The summed E-state index contributed by atoms with van der Waals surface area (Å²) in [5.74, 6) is 0.712. The predicted octanol–water partition coefficient (Wildman–Crippen LogP) is 2.88. The lowest BCUT2D eigenvalue weighted by Gasteiger charge is -2.04. The standard InChI is InChI=1S/C16H13N3O2/c20-8-9-1-4-11-12-5-6-17-15(14(12)18-13(11)7-9)19-16(21)10-2-3-10/h1,4-8,10,18H,2-3H2,(H,17,19,21). The molecule has 5 nitrogen and oxygen atoms in total. The molecule has 5 heteroatoms. The van der Waals surface area contributed by atoms with Gasteiger partial charge in [-0.15, -0.1) is 0 Å². The molecule has 0 atom stereocenters. The Morgan fingerprint density at radius 1 is 1.29 bits per heavy atom. The number of aromatic amines is 1. The number of carbonyl (C=O) groups excluding carboxylic acids is 2. The fourth-order valence-electron chi connectivity index (χ4n) is 2.58. The van der Waals surface area contributed by atoms with Crippen molar-refractivity contribution >= 4 is 39.8 Å². The van der Waals surface area contributed by atoms with Crippen LogP contribution in [0.3, 0.4) is 0 Å². The van der Waals surface area contributed by atoms with E-state index in [-0.39, 0.29) is 11.8 Å². The molecule has 3 aromatic rings. The van der Waals surface area contributed by atoms with E-state index in [0.717, 1.165) is 40.9 Å². The third-order valence-electron chi connectivity index (χ3n) is 3.87. The van der Waals surface area contributed by atoms with Crippen LogP contribution < -0.4 is 5.32 Å². The largest absolute Gasteiger partial charge is 0.351 e. The van der Waals surface area contributed by atoms with Crippen LogP contribution in [0.2, 0.25) is 0 Å². The van der Waals surface area contributed by atoms with Gasteiger partial charge in [-0.25, -0.2) is 4.98 Å². The second-order valence-electron chi connectivity index (χ2n) is 5.39. The van der Waals surface area contributed by atoms with Gasteiger partial charge in [0.25, 0.3) is 0 Å². The van der Waals surface area contributed by atoms with E-state index in [2.05, 4.69) is 15.3 Å². The van der Waals surface area contributed by atoms with E-state index in [4.69, 9.17) is 0 Å². The van der Waals surface area contributed by atoms with Crippen LogP contribution in [0.25, 0.3) is 21.8 Å². The molecule has 1 fully saturated rings. The van der Waals surface area contributed by atoms with Crippen molar-refractivity contribution in [2.75, 3.05) is 5.32 Å². The smallest absolute Gasteiger partial charge is 0.228 e. The summed E-state index contributed by atoms with van der Waals surface area (Å²) in [6.07, 6.45) is 4.42. The lowest BCUT2D eigenvalue weighted by atomic mass is 10.1. The van der Waals surface area contributed by atoms with E-state index in [9.17, 15) is 9.59 Å². The van der Waals surface area contributed by atoms with E-state index in [1.165, 1.54) is 0 Å². The Morgan fingerprint density at radius 2 is 2.14 bits per heavy atom. The molecular formula is C16H13N3O2. The van der Waals surface area contributed by atoms with Gasteiger partial charge in [-0.3, -0.25) is 9.59 Å². The highest BCUT2D eigenvalue weighted by Gasteiger charge is 2.30. The Balaban J connectivity index is 1.87. The number of aldehydes is 1. The zero-order valence-corrected chi connectivity index (χ0v) is 11.2. The van der Waals surface area contributed by atoms with Crippen molar-refractivity contribution in [3.63, 3.8) is 0 Å². The van der Waals surface area contributed by atoms with Crippen molar-refractivity contribution in [2.24, 2.45) is 5.92 Å². The number of nitrogens with one attached hydrogen (secondary N) is 2. The van der Waals surface area contributed by atoms with Crippen LogP contribution in [-0.2, 0) is 4.79 Å². The van der Waals surface area contributed by atoms with Crippen LogP contribution in [0.1, 0.15) is 23.2 Å². The van der Waals surface area contributed by atoms with Gasteiger partial charge in [0.2, 0.25) is 5.91 Å². The quantitative estimate of drug-likeness (QED) is 0.724. The Bertz CT molecular complexity index is 878. The van der Waals surface area contributed by atoms with Crippen LogP contribution in [0.4, 0.5) is 5.82 Å². The Morgan fingerprint density at radius 3 is 2.90 bits per heavy atom. The lowest BCUT2D eigenvalue weighted by Crippen LogP contribution is -2.14. The summed E-state index contributed by atoms with van der Waals surface area (Å²) in [7, 11) is 0. The maximum Gasteiger partial charge on any atom is 0.228 e. The van der Waals surface area contributed by atoms with Gasteiger partial charge in [0.05, 0.1) is 5.52 Å². The predicted molar refractivity (Wildman–Crippen MR) is 80.3 cm³/mol. The first-order valence-corrected chi connectivity index (χ1v) is 6.93. The molecule has 1 aromatic carbocycles. The number of hydrogen-bond acceptors (Lipinski definition) is 3. The number of anilines is 1. The maximum atomic E-state index is 11.9. The van der Waals surface area contributed by atoms with E-state index in [1.807, 2.05) is 12.1 Å². The van der Waals surface area contributed by atoms with Crippen LogP contribution in [-0.4, -0.2) is 22.2 Å². The molecule has 0 bridgehead atoms. The van der Waals surface area contributed by atoms with Gasteiger partial charge in [0.15, 0.2) is 5.82 Å². The molecule has 0 spiro atoms. The van der Waals surface area contributed by atoms with Crippen molar-refractivity contribution in [1.82, 2.24) is 9.97 Å². The van der Waals surface area contributed by atoms with Gasteiger partial charge < -0.3 is 10.3 Å². The van der Waals surface area contributed by atoms with Crippen molar-refractivity contribution in [3.05, 3.63) is 36.0 Å². The zero-order chi connectivity index (χ0) is 14.4. The third kappa shape index (κ3) is 1.98. The van der Waals surface area contributed by atoms with Crippen LogP contribution in [0.15, 0.2) is 30.5 Å². The van der Waals surface area contributed by atoms with E-state index >= 15 is 0 Å². The van der Waals surface area contributed by atoms with Crippen molar-refractivity contribution in [2.45, 2.75) is 12.8 Å². The number of nitrogens with zero attached hydrogens (tertiary/aromatic N) is 1. The van der Waals surface area contributed by atoms with Gasteiger partial charge in [-0.2, -0.15) is 0 Å².